The standard InChI is InChI=1S/C3H6N2.CH2O3/c1-2-5-3-4-1;2-1(3)4/h3H,1-2H2,(H,4,5);(H2,2,3,4). The van der Waals surface area contributed by atoms with Gasteiger partial charge in [0.15, 0.2) is 0 Å². The molecule has 0 bridgehead atoms. The van der Waals surface area contributed by atoms with Crippen molar-refractivity contribution in [2.24, 2.45) is 4.99 Å². The van der Waals surface area contributed by atoms with E-state index in [1.807, 2.05) is 0 Å². The average Bonchev–Trinajstić information content (AvgIpc) is 2.11. The van der Waals surface area contributed by atoms with Crippen LogP contribution in [0.3, 0.4) is 0 Å². The molecule has 0 amide bonds. The lowest BCUT2D eigenvalue weighted by Gasteiger charge is -1.75. The molecule has 0 atom stereocenters. The van der Waals surface area contributed by atoms with Crippen molar-refractivity contribution in [2.75, 3.05) is 13.1 Å². The van der Waals surface area contributed by atoms with Gasteiger partial charge in [-0.05, 0) is 0 Å². The van der Waals surface area contributed by atoms with Crippen molar-refractivity contribution in [2.45, 2.75) is 0 Å². The highest BCUT2D eigenvalue weighted by Crippen LogP contribution is 1.68. The summed E-state index contributed by atoms with van der Waals surface area (Å²) in [7, 11) is 0. The molecule has 0 radical (unpaired) electrons. The van der Waals surface area contributed by atoms with E-state index in [2.05, 4.69) is 10.3 Å². The first-order chi connectivity index (χ1) is 4.23. The first-order valence-corrected chi connectivity index (χ1v) is 2.37. The van der Waals surface area contributed by atoms with E-state index in [1.165, 1.54) is 0 Å². The molecule has 0 spiro atoms. The summed E-state index contributed by atoms with van der Waals surface area (Å²) in [6, 6.07) is 0. The highest BCUT2D eigenvalue weighted by Gasteiger charge is 1.82. The van der Waals surface area contributed by atoms with Gasteiger partial charge in [0, 0.05) is 6.54 Å². The number of carboxylic acid groups (broad SMARTS) is 2. The zero-order chi connectivity index (χ0) is 7.11. The number of nitrogens with zero attached hydrogens (tertiary/aromatic N) is 1. The molecule has 0 unspecified atom stereocenters. The largest absolute Gasteiger partial charge is 0.503 e. The summed E-state index contributed by atoms with van der Waals surface area (Å²) >= 11 is 0. The molecular weight excluding hydrogens is 124 g/mol. The Hall–Kier alpha value is -1.26. The normalized spacial score (nSPS) is 13.3. The Balaban J connectivity index is 0.000000148. The van der Waals surface area contributed by atoms with Gasteiger partial charge in [-0.15, -0.1) is 0 Å². The Morgan fingerprint density at radius 1 is 1.67 bits per heavy atom. The van der Waals surface area contributed by atoms with E-state index >= 15 is 0 Å². The summed E-state index contributed by atoms with van der Waals surface area (Å²) in [6.07, 6.45) is -0.0972. The van der Waals surface area contributed by atoms with Crippen LogP contribution < -0.4 is 5.32 Å². The summed E-state index contributed by atoms with van der Waals surface area (Å²) in [5.41, 5.74) is 0. The molecule has 0 saturated heterocycles. The Kier molecular flexibility index (Phi) is 4.20. The Labute approximate surface area is 52.0 Å². The van der Waals surface area contributed by atoms with Gasteiger partial charge < -0.3 is 15.5 Å². The second-order valence-corrected chi connectivity index (χ2v) is 1.27. The second-order valence-electron chi connectivity index (χ2n) is 1.27. The van der Waals surface area contributed by atoms with Crippen LogP contribution in [-0.4, -0.2) is 35.8 Å². The maximum Gasteiger partial charge on any atom is 0.503 e. The number of rotatable bonds is 0. The molecular formula is C4H8N2O3. The summed E-state index contributed by atoms with van der Waals surface area (Å²) in [5.74, 6) is 0. The summed E-state index contributed by atoms with van der Waals surface area (Å²) < 4.78 is 0. The Bertz CT molecular complexity index is 102. The topological polar surface area (TPSA) is 81.9 Å². The van der Waals surface area contributed by atoms with Gasteiger partial charge in [-0.3, -0.25) is 4.99 Å². The SMILES string of the molecule is C1=NCCN1.O=C(O)O. The summed E-state index contributed by atoms with van der Waals surface area (Å²) in [4.78, 5) is 12.4. The molecule has 0 aromatic rings. The van der Waals surface area contributed by atoms with Crippen LogP contribution in [0.4, 0.5) is 4.79 Å². The van der Waals surface area contributed by atoms with Crippen LogP contribution in [0.5, 0.6) is 0 Å². The first kappa shape index (κ1) is 7.74. The highest BCUT2D eigenvalue weighted by molar-refractivity contribution is 5.56. The summed E-state index contributed by atoms with van der Waals surface area (Å²) in [6.45, 7) is 1.99. The van der Waals surface area contributed by atoms with Crippen LogP contribution in [-0.2, 0) is 0 Å². The van der Waals surface area contributed by atoms with Gasteiger partial charge in [0.25, 0.3) is 0 Å². The fourth-order valence-electron chi connectivity index (χ4n) is 0.323. The average molecular weight is 132 g/mol. The van der Waals surface area contributed by atoms with Crippen molar-refractivity contribution >= 4 is 12.5 Å². The molecule has 1 heterocycles. The molecule has 0 saturated carbocycles. The van der Waals surface area contributed by atoms with E-state index in [-0.39, 0.29) is 0 Å². The van der Waals surface area contributed by atoms with E-state index in [0.29, 0.717) is 0 Å². The molecule has 0 fully saturated rings. The molecule has 0 aliphatic carbocycles. The monoisotopic (exact) mass is 132 g/mol. The van der Waals surface area contributed by atoms with E-state index in [9.17, 15) is 0 Å². The quantitative estimate of drug-likeness (QED) is 0.427. The van der Waals surface area contributed by atoms with Gasteiger partial charge in [0.1, 0.15) is 0 Å². The molecule has 0 aromatic carbocycles. The van der Waals surface area contributed by atoms with Crippen LogP contribution in [0, 0.1) is 0 Å². The first-order valence-electron chi connectivity index (χ1n) is 2.37. The van der Waals surface area contributed by atoms with Crippen molar-refractivity contribution in [3.05, 3.63) is 0 Å². The third kappa shape index (κ3) is 10.8. The fraction of sp³-hybridized carbons (Fsp3) is 0.500. The predicted octanol–water partition coefficient (Wildman–Crippen LogP) is -0.160. The number of hydrogen-bond acceptors (Lipinski definition) is 3. The molecule has 9 heavy (non-hydrogen) atoms. The van der Waals surface area contributed by atoms with Gasteiger partial charge in [0.2, 0.25) is 0 Å². The van der Waals surface area contributed by atoms with E-state index in [1.54, 1.807) is 6.34 Å². The maximum atomic E-state index is 8.56. The third-order valence-electron chi connectivity index (χ3n) is 0.568. The minimum absolute atomic E-state index is 0.958. The third-order valence-corrected chi connectivity index (χ3v) is 0.568. The lowest BCUT2D eigenvalue weighted by molar-refractivity contribution is 0.137. The number of hydrogen-bond donors (Lipinski definition) is 3. The Morgan fingerprint density at radius 3 is 2.33 bits per heavy atom. The maximum absolute atomic E-state index is 8.56. The molecule has 1 rings (SSSR count). The molecule has 5 heteroatoms. The van der Waals surface area contributed by atoms with Crippen LogP contribution in [0.2, 0.25) is 0 Å². The van der Waals surface area contributed by atoms with Crippen molar-refractivity contribution < 1.29 is 15.0 Å². The molecule has 0 aromatic heterocycles. The van der Waals surface area contributed by atoms with E-state index in [0.717, 1.165) is 13.1 Å². The summed E-state index contributed by atoms with van der Waals surface area (Å²) in [5, 5.41) is 16.9. The van der Waals surface area contributed by atoms with E-state index < -0.39 is 6.16 Å². The van der Waals surface area contributed by atoms with Gasteiger partial charge in [-0.2, -0.15) is 0 Å². The molecule has 1 aliphatic rings. The smallest absolute Gasteiger partial charge is 0.450 e. The highest BCUT2D eigenvalue weighted by atomic mass is 16.6. The van der Waals surface area contributed by atoms with Crippen molar-refractivity contribution in [1.82, 2.24) is 5.32 Å². The van der Waals surface area contributed by atoms with Gasteiger partial charge in [-0.25, -0.2) is 4.79 Å². The molecule has 3 N–H and O–H groups in total. The number of aliphatic imine (C=N–C) groups is 1. The predicted molar refractivity (Wildman–Crippen MR) is 32.0 cm³/mol. The zero-order valence-electron chi connectivity index (χ0n) is 4.74. The van der Waals surface area contributed by atoms with Crippen LogP contribution in [0.25, 0.3) is 0 Å². The molecule has 52 valence electrons. The van der Waals surface area contributed by atoms with E-state index in [4.69, 9.17) is 15.0 Å². The van der Waals surface area contributed by atoms with Crippen LogP contribution >= 0.6 is 0 Å². The minimum atomic E-state index is -1.83. The zero-order valence-corrected chi connectivity index (χ0v) is 4.74. The second kappa shape index (κ2) is 4.89. The van der Waals surface area contributed by atoms with Crippen molar-refractivity contribution in [3.8, 4) is 0 Å². The lowest BCUT2D eigenvalue weighted by atomic mass is 10.7. The minimum Gasteiger partial charge on any atom is -0.450 e. The number of nitrogens with one attached hydrogen (secondary N) is 1. The van der Waals surface area contributed by atoms with Crippen molar-refractivity contribution in [3.63, 3.8) is 0 Å². The lowest BCUT2D eigenvalue weighted by Crippen LogP contribution is -2.04. The van der Waals surface area contributed by atoms with Gasteiger partial charge >= 0.3 is 6.16 Å². The van der Waals surface area contributed by atoms with Crippen LogP contribution in [0.1, 0.15) is 0 Å². The fourth-order valence-corrected chi connectivity index (χ4v) is 0.323. The molecule has 1 aliphatic heterocycles. The van der Waals surface area contributed by atoms with Crippen LogP contribution in [0.15, 0.2) is 4.99 Å². The molecule has 5 nitrogen and oxygen atoms in total. The van der Waals surface area contributed by atoms with Gasteiger partial charge in [-0.1, -0.05) is 0 Å². The Morgan fingerprint density at radius 2 is 2.22 bits per heavy atom. The van der Waals surface area contributed by atoms with Crippen molar-refractivity contribution in [1.29, 1.82) is 0 Å². The number of carbonyl (C=O) groups is 1. The van der Waals surface area contributed by atoms with Gasteiger partial charge in [0.05, 0.1) is 12.9 Å².